The maximum Gasteiger partial charge on any atom is 0.0603 e. The molecule has 0 aromatic rings. The molecule has 1 aliphatic carbocycles. The molecule has 1 nitrogen and oxygen atoms in total. The molecule has 0 aromatic heterocycles. The van der Waals surface area contributed by atoms with E-state index in [1.165, 1.54) is 32.1 Å². The van der Waals surface area contributed by atoms with Gasteiger partial charge in [0.15, 0.2) is 0 Å². The summed E-state index contributed by atoms with van der Waals surface area (Å²) >= 11 is 0. The fourth-order valence-electron chi connectivity index (χ4n) is 2.57. The molecule has 0 spiro atoms. The van der Waals surface area contributed by atoms with Gasteiger partial charge in [-0.2, -0.15) is 0 Å². The molecule has 3 unspecified atom stereocenters. The minimum absolute atomic E-state index is 0.639. The van der Waals surface area contributed by atoms with Crippen molar-refractivity contribution in [3.05, 3.63) is 0 Å². The third-order valence-corrected chi connectivity index (χ3v) is 3.23. The average molecular weight is 154 g/mol. The summed E-state index contributed by atoms with van der Waals surface area (Å²) in [5, 5.41) is 0. The number of hydrogen-bond donors (Lipinski definition) is 0. The predicted molar refractivity (Wildman–Crippen MR) is 45.5 cm³/mol. The molecule has 1 heterocycles. The first kappa shape index (κ1) is 7.60. The van der Waals surface area contributed by atoms with Crippen molar-refractivity contribution in [1.82, 2.24) is 0 Å². The molecule has 1 aliphatic heterocycles. The normalized spacial score (nSPS) is 45.0. The van der Waals surface area contributed by atoms with Crippen LogP contribution in [0, 0.1) is 11.8 Å². The fraction of sp³-hybridized carbons (Fsp3) is 1.00. The van der Waals surface area contributed by atoms with Crippen molar-refractivity contribution in [1.29, 1.82) is 0 Å². The largest absolute Gasteiger partial charge is 0.378 e. The summed E-state index contributed by atoms with van der Waals surface area (Å²) in [7, 11) is 0. The summed E-state index contributed by atoms with van der Waals surface area (Å²) < 4.78 is 5.73. The number of hydrogen-bond acceptors (Lipinski definition) is 1. The summed E-state index contributed by atoms with van der Waals surface area (Å²) in [5.74, 6) is 1.87. The van der Waals surface area contributed by atoms with E-state index in [1.54, 1.807) is 0 Å². The van der Waals surface area contributed by atoms with Crippen molar-refractivity contribution in [2.24, 2.45) is 11.8 Å². The van der Waals surface area contributed by atoms with Crippen LogP contribution in [0.1, 0.15) is 39.0 Å². The molecule has 1 saturated heterocycles. The van der Waals surface area contributed by atoms with E-state index in [9.17, 15) is 0 Å². The molecule has 64 valence electrons. The Hall–Kier alpha value is -0.0400. The highest BCUT2D eigenvalue weighted by Crippen LogP contribution is 2.36. The van der Waals surface area contributed by atoms with Crippen molar-refractivity contribution in [3.63, 3.8) is 0 Å². The van der Waals surface area contributed by atoms with Crippen LogP contribution in [-0.4, -0.2) is 12.7 Å². The molecule has 0 N–H and O–H groups in total. The molecule has 1 saturated carbocycles. The molecule has 3 atom stereocenters. The van der Waals surface area contributed by atoms with E-state index >= 15 is 0 Å². The second-order valence-electron chi connectivity index (χ2n) is 4.23. The third-order valence-electron chi connectivity index (χ3n) is 3.23. The van der Waals surface area contributed by atoms with Crippen molar-refractivity contribution >= 4 is 0 Å². The molecule has 1 heteroatoms. The minimum Gasteiger partial charge on any atom is -0.378 e. The topological polar surface area (TPSA) is 9.23 Å². The molecular formula is C10H18O. The summed E-state index contributed by atoms with van der Waals surface area (Å²) in [4.78, 5) is 0. The fourth-order valence-corrected chi connectivity index (χ4v) is 2.57. The van der Waals surface area contributed by atoms with Gasteiger partial charge in [0.1, 0.15) is 0 Å². The second kappa shape index (κ2) is 3.14. The van der Waals surface area contributed by atoms with Gasteiger partial charge in [-0.05, 0) is 43.9 Å². The first-order chi connectivity index (χ1) is 5.36. The van der Waals surface area contributed by atoms with Gasteiger partial charge in [-0.15, -0.1) is 0 Å². The van der Waals surface area contributed by atoms with E-state index in [-0.39, 0.29) is 0 Å². The van der Waals surface area contributed by atoms with Gasteiger partial charge in [0, 0.05) is 6.61 Å². The van der Waals surface area contributed by atoms with Crippen molar-refractivity contribution in [3.8, 4) is 0 Å². The van der Waals surface area contributed by atoms with Crippen LogP contribution in [0.3, 0.4) is 0 Å². The van der Waals surface area contributed by atoms with Crippen LogP contribution in [0.15, 0.2) is 0 Å². The van der Waals surface area contributed by atoms with Crippen molar-refractivity contribution < 1.29 is 4.74 Å². The van der Waals surface area contributed by atoms with E-state index in [2.05, 4.69) is 6.92 Å². The van der Waals surface area contributed by atoms with E-state index in [0.29, 0.717) is 6.10 Å². The Kier molecular flexibility index (Phi) is 2.17. The first-order valence-electron chi connectivity index (χ1n) is 4.98. The highest BCUT2D eigenvalue weighted by molar-refractivity contribution is 4.81. The molecular weight excluding hydrogens is 136 g/mol. The van der Waals surface area contributed by atoms with Gasteiger partial charge in [-0.1, -0.05) is 6.92 Å². The highest BCUT2D eigenvalue weighted by Gasteiger charge is 2.31. The summed E-state index contributed by atoms with van der Waals surface area (Å²) in [6.07, 6.45) is 7.50. The van der Waals surface area contributed by atoms with Crippen molar-refractivity contribution in [2.45, 2.75) is 45.1 Å². The molecule has 2 rings (SSSR count). The van der Waals surface area contributed by atoms with Gasteiger partial charge >= 0.3 is 0 Å². The lowest BCUT2D eigenvalue weighted by atomic mass is 9.77. The van der Waals surface area contributed by atoms with Gasteiger partial charge in [0.05, 0.1) is 6.10 Å². The average Bonchev–Trinajstić information content (AvgIpc) is 2.04. The third kappa shape index (κ3) is 1.58. The number of rotatable bonds is 0. The second-order valence-corrected chi connectivity index (χ2v) is 4.23. The number of ether oxygens (including phenoxy) is 1. The van der Waals surface area contributed by atoms with E-state index in [0.717, 1.165) is 18.4 Å². The predicted octanol–water partition coefficient (Wildman–Crippen LogP) is 2.60. The van der Waals surface area contributed by atoms with E-state index in [1.807, 2.05) is 0 Å². The quantitative estimate of drug-likeness (QED) is 0.521. The highest BCUT2D eigenvalue weighted by atomic mass is 16.5. The zero-order valence-corrected chi connectivity index (χ0v) is 7.38. The van der Waals surface area contributed by atoms with E-state index in [4.69, 9.17) is 4.74 Å². The lowest BCUT2D eigenvalue weighted by Crippen LogP contribution is -2.34. The zero-order chi connectivity index (χ0) is 7.68. The molecule has 0 radical (unpaired) electrons. The zero-order valence-electron chi connectivity index (χ0n) is 7.38. The smallest absolute Gasteiger partial charge is 0.0603 e. The van der Waals surface area contributed by atoms with Crippen LogP contribution in [0.25, 0.3) is 0 Å². The summed E-state index contributed by atoms with van der Waals surface area (Å²) in [6, 6.07) is 0. The Bertz CT molecular complexity index is 133. The van der Waals surface area contributed by atoms with Crippen LogP contribution in [0.4, 0.5) is 0 Å². The van der Waals surface area contributed by atoms with Crippen LogP contribution >= 0.6 is 0 Å². The lowest BCUT2D eigenvalue weighted by Gasteiger charge is -2.38. The maximum absolute atomic E-state index is 5.73. The number of fused-ring (bicyclic) bond motifs is 1. The Morgan fingerprint density at radius 2 is 2.09 bits per heavy atom. The molecule has 0 aromatic carbocycles. The van der Waals surface area contributed by atoms with Crippen LogP contribution in [-0.2, 0) is 4.74 Å². The van der Waals surface area contributed by atoms with Gasteiger partial charge in [0.25, 0.3) is 0 Å². The molecule has 11 heavy (non-hydrogen) atoms. The van der Waals surface area contributed by atoms with Gasteiger partial charge < -0.3 is 4.74 Å². The molecule has 2 fully saturated rings. The lowest BCUT2D eigenvalue weighted by molar-refractivity contribution is -0.0561. The van der Waals surface area contributed by atoms with Crippen LogP contribution in [0.5, 0.6) is 0 Å². The standard InChI is InChI=1S/C10H18O/c1-8-4-5-10-9(7-8)3-2-6-11-10/h8-10H,2-7H2,1H3. The summed E-state index contributed by atoms with van der Waals surface area (Å²) in [6.45, 7) is 3.40. The van der Waals surface area contributed by atoms with Gasteiger partial charge in [-0.3, -0.25) is 0 Å². The minimum atomic E-state index is 0.639. The Balaban J connectivity index is 1.93. The maximum atomic E-state index is 5.73. The molecule has 0 bridgehead atoms. The summed E-state index contributed by atoms with van der Waals surface area (Å²) in [5.41, 5.74) is 0. The first-order valence-corrected chi connectivity index (χ1v) is 4.98. The van der Waals surface area contributed by atoms with Crippen LogP contribution < -0.4 is 0 Å². The molecule has 2 aliphatic rings. The van der Waals surface area contributed by atoms with Gasteiger partial charge in [-0.25, -0.2) is 0 Å². The van der Waals surface area contributed by atoms with Gasteiger partial charge in [0.2, 0.25) is 0 Å². The Morgan fingerprint density at radius 1 is 1.18 bits per heavy atom. The molecule has 0 amide bonds. The SMILES string of the molecule is CC1CCC2OCCCC2C1. The Morgan fingerprint density at radius 3 is 3.00 bits per heavy atom. The van der Waals surface area contributed by atoms with Crippen LogP contribution in [0.2, 0.25) is 0 Å². The monoisotopic (exact) mass is 154 g/mol. The Labute approximate surface area is 69.1 Å². The van der Waals surface area contributed by atoms with E-state index < -0.39 is 0 Å². The van der Waals surface area contributed by atoms with Crippen molar-refractivity contribution in [2.75, 3.05) is 6.61 Å².